The van der Waals surface area contributed by atoms with Gasteiger partial charge in [-0.05, 0) is 53.8 Å². The van der Waals surface area contributed by atoms with Crippen LogP contribution in [0.2, 0.25) is 0 Å². The molecule has 7 heteroatoms. The first-order valence-corrected chi connectivity index (χ1v) is 12.4. The van der Waals surface area contributed by atoms with Crippen LogP contribution in [0.15, 0.2) is 78.0 Å². The number of nitrogens with zero attached hydrogens (tertiary/aromatic N) is 3. The molecule has 1 N–H and O–H groups in total. The van der Waals surface area contributed by atoms with E-state index in [9.17, 15) is 4.79 Å². The van der Waals surface area contributed by atoms with Crippen LogP contribution in [0.5, 0.6) is 5.75 Å². The molecule has 0 spiro atoms. The molecular weight excluding hydrogens is 456 g/mol. The molecule has 4 aromatic rings. The monoisotopic (exact) mass is 486 g/mol. The van der Waals surface area contributed by atoms with Crippen molar-refractivity contribution in [1.82, 2.24) is 14.8 Å². The van der Waals surface area contributed by atoms with Gasteiger partial charge < -0.3 is 10.1 Å². The largest absolute Gasteiger partial charge is 0.497 e. The average molecular weight is 487 g/mol. The van der Waals surface area contributed by atoms with Crippen LogP contribution in [0, 0.1) is 6.92 Å². The van der Waals surface area contributed by atoms with E-state index in [0.717, 1.165) is 34.1 Å². The number of carbonyl (C=O) groups excluding carboxylic acids is 1. The molecule has 1 heterocycles. The number of rotatable bonds is 7. The number of thioether (sulfide) groups is 1. The zero-order chi connectivity index (χ0) is 25.0. The number of ether oxygens (including phenoxy) is 1. The van der Waals surface area contributed by atoms with Gasteiger partial charge in [0.25, 0.3) is 0 Å². The minimum Gasteiger partial charge on any atom is -0.497 e. The molecule has 0 atom stereocenters. The average Bonchev–Trinajstić information content (AvgIpc) is 3.28. The second kappa shape index (κ2) is 10.4. The minimum atomic E-state index is -0.0929. The normalized spacial score (nSPS) is 11.3. The molecule has 0 radical (unpaired) electrons. The molecule has 0 saturated carbocycles. The van der Waals surface area contributed by atoms with Crippen molar-refractivity contribution in [2.45, 2.75) is 38.3 Å². The number of para-hydroxylation sites is 1. The Kier molecular flexibility index (Phi) is 7.26. The topological polar surface area (TPSA) is 69.0 Å². The van der Waals surface area contributed by atoms with E-state index in [1.54, 1.807) is 7.11 Å². The molecule has 0 fully saturated rings. The number of carbonyl (C=O) groups is 1. The zero-order valence-corrected chi connectivity index (χ0v) is 21.5. The van der Waals surface area contributed by atoms with E-state index in [-0.39, 0.29) is 17.1 Å². The molecule has 1 amide bonds. The predicted molar refractivity (Wildman–Crippen MR) is 143 cm³/mol. The van der Waals surface area contributed by atoms with E-state index in [4.69, 9.17) is 4.74 Å². The van der Waals surface area contributed by atoms with Crippen LogP contribution in [0.4, 0.5) is 5.69 Å². The summed E-state index contributed by atoms with van der Waals surface area (Å²) in [6.07, 6.45) is 0. The first-order valence-electron chi connectivity index (χ1n) is 11.5. The molecule has 180 valence electrons. The summed E-state index contributed by atoms with van der Waals surface area (Å²) < 4.78 is 7.31. The maximum Gasteiger partial charge on any atom is 0.234 e. The summed E-state index contributed by atoms with van der Waals surface area (Å²) in [4.78, 5) is 12.7. The number of aromatic nitrogens is 3. The molecule has 4 rings (SSSR count). The van der Waals surface area contributed by atoms with E-state index in [1.165, 1.54) is 17.3 Å². The van der Waals surface area contributed by atoms with Gasteiger partial charge in [0.05, 0.1) is 12.9 Å². The Morgan fingerprint density at radius 2 is 1.66 bits per heavy atom. The lowest BCUT2D eigenvalue weighted by molar-refractivity contribution is -0.113. The lowest BCUT2D eigenvalue weighted by Crippen LogP contribution is -2.15. The molecule has 0 bridgehead atoms. The highest BCUT2D eigenvalue weighted by molar-refractivity contribution is 7.99. The fraction of sp³-hybridized carbons (Fsp3) is 0.250. The van der Waals surface area contributed by atoms with Gasteiger partial charge in [-0.1, -0.05) is 75.0 Å². The lowest BCUT2D eigenvalue weighted by atomic mass is 9.87. The van der Waals surface area contributed by atoms with Gasteiger partial charge in [0.15, 0.2) is 11.0 Å². The number of amides is 1. The summed E-state index contributed by atoms with van der Waals surface area (Å²) in [6.45, 7) is 8.55. The summed E-state index contributed by atoms with van der Waals surface area (Å²) in [7, 11) is 1.64. The third-order valence-electron chi connectivity index (χ3n) is 5.72. The standard InChI is InChI=1S/C28H30N4O2S/c1-19-8-6-7-9-24(19)29-25(33)18-35-27-31-30-26(20-10-12-21(13-11-20)28(2,3)4)32(27)22-14-16-23(34-5)17-15-22/h6-17H,18H2,1-5H3,(H,29,33). The Hall–Kier alpha value is -3.58. The summed E-state index contributed by atoms with van der Waals surface area (Å²) in [5.74, 6) is 1.61. The molecule has 1 aromatic heterocycles. The highest BCUT2D eigenvalue weighted by atomic mass is 32.2. The Labute approximate surface area is 210 Å². The van der Waals surface area contributed by atoms with Crippen molar-refractivity contribution in [3.05, 3.63) is 83.9 Å². The molecule has 35 heavy (non-hydrogen) atoms. The van der Waals surface area contributed by atoms with Gasteiger partial charge in [-0.15, -0.1) is 10.2 Å². The van der Waals surface area contributed by atoms with Crippen molar-refractivity contribution in [3.8, 4) is 22.8 Å². The maximum atomic E-state index is 12.7. The van der Waals surface area contributed by atoms with E-state index in [1.807, 2.05) is 60.0 Å². The van der Waals surface area contributed by atoms with Crippen molar-refractivity contribution in [2.75, 3.05) is 18.2 Å². The number of hydrogen-bond donors (Lipinski definition) is 1. The van der Waals surface area contributed by atoms with Crippen LogP contribution in [-0.4, -0.2) is 33.5 Å². The predicted octanol–water partition coefficient (Wildman–Crippen LogP) is 6.28. The van der Waals surface area contributed by atoms with E-state index in [0.29, 0.717) is 5.16 Å². The number of hydrogen-bond acceptors (Lipinski definition) is 5. The fourth-order valence-corrected chi connectivity index (χ4v) is 4.42. The third-order valence-corrected chi connectivity index (χ3v) is 6.65. The van der Waals surface area contributed by atoms with Crippen LogP contribution in [0.1, 0.15) is 31.9 Å². The molecule has 0 unspecified atom stereocenters. The van der Waals surface area contributed by atoms with Gasteiger partial charge in [0.1, 0.15) is 5.75 Å². The van der Waals surface area contributed by atoms with Crippen LogP contribution in [0.3, 0.4) is 0 Å². The van der Waals surface area contributed by atoms with Gasteiger partial charge >= 0.3 is 0 Å². The van der Waals surface area contributed by atoms with Crippen LogP contribution in [-0.2, 0) is 10.2 Å². The Morgan fingerprint density at radius 3 is 2.29 bits per heavy atom. The quantitative estimate of drug-likeness (QED) is 0.311. The smallest absolute Gasteiger partial charge is 0.234 e. The van der Waals surface area contributed by atoms with Crippen molar-refractivity contribution in [3.63, 3.8) is 0 Å². The molecule has 0 aliphatic rings. The molecular formula is C28H30N4O2S. The number of aryl methyl sites for hydroxylation is 1. The maximum absolute atomic E-state index is 12.7. The second-order valence-electron chi connectivity index (χ2n) is 9.32. The summed E-state index contributed by atoms with van der Waals surface area (Å²) >= 11 is 1.35. The number of anilines is 1. The lowest BCUT2D eigenvalue weighted by Gasteiger charge is -2.19. The highest BCUT2D eigenvalue weighted by Gasteiger charge is 2.19. The SMILES string of the molecule is COc1ccc(-n2c(SCC(=O)Nc3ccccc3C)nnc2-c2ccc(C(C)(C)C)cc2)cc1. The van der Waals surface area contributed by atoms with E-state index >= 15 is 0 Å². The first kappa shape index (κ1) is 24.5. The number of methoxy groups -OCH3 is 1. The first-order chi connectivity index (χ1) is 16.8. The highest BCUT2D eigenvalue weighted by Crippen LogP contribution is 2.31. The van der Waals surface area contributed by atoms with E-state index < -0.39 is 0 Å². The Morgan fingerprint density at radius 1 is 0.971 bits per heavy atom. The van der Waals surface area contributed by atoms with Gasteiger partial charge in [-0.3, -0.25) is 9.36 Å². The zero-order valence-electron chi connectivity index (χ0n) is 20.7. The van der Waals surface area contributed by atoms with Gasteiger partial charge in [0, 0.05) is 16.9 Å². The van der Waals surface area contributed by atoms with Crippen LogP contribution < -0.4 is 10.1 Å². The molecule has 0 aliphatic heterocycles. The van der Waals surface area contributed by atoms with Crippen LogP contribution >= 0.6 is 11.8 Å². The van der Waals surface area contributed by atoms with Crippen molar-refractivity contribution in [2.24, 2.45) is 0 Å². The van der Waals surface area contributed by atoms with Gasteiger partial charge in [0.2, 0.25) is 5.91 Å². The van der Waals surface area contributed by atoms with E-state index in [2.05, 4.69) is 60.6 Å². The van der Waals surface area contributed by atoms with Crippen LogP contribution in [0.25, 0.3) is 17.1 Å². The number of benzene rings is 3. The summed E-state index contributed by atoms with van der Waals surface area (Å²) in [5, 5.41) is 12.6. The molecule has 3 aromatic carbocycles. The number of nitrogens with one attached hydrogen (secondary N) is 1. The molecule has 0 aliphatic carbocycles. The summed E-state index contributed by atoms with van der Waals surface area (Å²) in [5.41, 5.74) is 5.00. The minimum absolute atomic E-state index is 0.0632. The second-order valence-corrected chi connectivity index (χ2v) is 10.3. The summed E-state index contributed by atoms with van der Waals surface area (Å²) in [6, 6.07) is 23.9. The Balaban J connectivity index is 1.63. The van der Waals surface area contributed by atoms with Gasteiger partial charge in [-0.25, -0.2) is 0 Å². The van der Waals surface area contributed by atoms with Crippen molar-refractivity contribution < 1.29 is 9.53 Å². The fourth-order valence-electron chi connectivity index (χ4n) is 3.66. The van der Waals surface area contributed by atoms with Gasteiger partial charge in [-0.2, -0.15) is 0 Å². The molecule has 6 nitrogen and oxygen atoms in total. The van der Waals surface area contributed by atoms with Crippen molar-refractivity contribution in [1.29, 1.82) is 0 Å². The molecule has 0 saturated heterocycles. The Bertz CT molecular complexity index is 1310. The van der Waals surface area contributed by atoms with Crippen molar-refractivity contribution >= 4 is 23.4 Å². The third kappa shape index (κ3) is 5.74.